The Morgan fingerprint density at radius 3 is 2.80 bits per heavy atom. The van der Waals surface area contributed by atoms with Crippen LogP contribution >= 0.6 is 0 Å². The number of hydrogen-bond acceptors (Lipinski definition) is 3. The number of benzene rings is 1. The largest absolute Gasteiger partial charge is 0.371 e. The molecule has 0 bridgehead atoms. The van der Waals surface area contributed by atoms with Crippen molar-refractivity contribution in [1.29, 1.82) is 0 Å². The average molecular weight is 203 g/mol. The highest BCUT2D eigenvalue weighted by Gasteiger charge is 2.37. The number of para-hydroxylation sites is 2. The van der Waals surface area contributed by atoms with Gasteiger partial charge in [0.15, 0.2) is 0 Å². The van der Waals surface area contributed by atoms with Crippen LogP contribution in [-0.4, -0.2) is 32.2 Å². The molecule has 3 heteroatoms. The lowest BCUT2D eigenvalue weighted by Crippen LogP contribution is -2.50. The van der Waals surface area contributed by atoms with Crippen LogP contribution in [-0.2, 0) is 0 Å². The van der Waals surface area contributed by atoms with E-state index in [0.29, 0.717) is 12.1 Å². The van der Waals surface area contributed by atoms with Gasteiger partial charge in [0, 0.05) is 26.2 Å². The number of nitrogens with zero attached hydrogens (tertiary/aromatic N) is 2. The van der Waals surface area contributed by atoms with Crippen molar-refractivity contribution in [2.24, 2.45) is 5.73 Å². The van der Waals surface area contributed by atoms with Gasteiger partial charge >= 0.3 is 0 Å². The van der Waals surface area contributed by atoms with Gasteiger partial charge < -0.3 is 15.5 Å². The summed E-state index contributed by atoms with van der Waals surface area (Å²) in [6, 6.07) is 9.45. The molecule has 0 aromatic heterocycles. The first-order chi connectivity index (χ1) is 7.27. The van der Waals surface area contributed by atoms with E-state index in [2.05, 4.69) is 41.1 Å². The van der Waals surface area contributed by atoms with Crippen LogP contribution in [0.2, 0.25) is 0 Å². The lowest BCUT2D eigenvalue weighted by Gasteiger charge is -2.40. The third kappa shape index (κ3) is 1.23. The molecule has 2 aliphatic rings. The highest BCUT2D eigenvalue weighted by molar-refractivity contribution is 5.74. The Morgan fingerprint density at radius 2 is 2.00 bits per heavy atom. The third-order valence-corrected chi connectivity index (χ3v) is 3.66. The maximum atomic E-state index is 6.14. The minimum absolute atomic E-state index is 0.334. The van der Waals surface area contributed by atoms with Crippen LogP contribution in [0.1, 0.15) is 6.42 Å². The molecule has 1 aromatic rings. The summed E-state index contributed by atoms with van der Waals surface area (Å²) in [5.41, 5.74) is 8.83. The first kappa shape index (κ1) is 9.04. The van der Waals surface area contributed by atoms with Crippen LogP contribution in [0.4, 0.5) is 11.4 Å². The summed E-state index contributed by atoms with van der Waals surface area (Å²) in [7, 11) is 2.15. The molecule has 80 valence electrons. The molecule has 2 heterocycles. The summed E-state index contributed by atoms with van der Waals surface area (Å²) < 4.78 is 0. The predicted molar refractivity (Wildman–Crippen MR) is 63.4 cm³/mol. The van der Waals surface area contributed by atoms with Gasteiger partial charge in [0.2, 0.25) is 0 Å². The van der Waals surface area contributed by atoms with E-state index in [1.165, 1.54) is 11.4 Å². The fourth-order valence-corrected chi connectivity index (χ4v) is 2.82. The molecular formula is C12H17N3. The van der Waals surface area contributed by atoms with Gasteiger partial charge in [0.25, 0.3) is 0 Å². The Morgan fingerprint density at radius 1 is 1.27 bits per heavy atom. The van der Waals surface area contributed by atoms with E-state index in [9.17, 15) is 0 Å². The minimum Gasteiger partial charge on any atom is -0.371 e. The molecular weight excluding hydrogens is 186 g/mol. The second-order valence-corrected chi connectivity index (χ2v) is 4.58. The number of hydrogen-bond donors (Lipinski definition) is 1. The molecule has 1 fully saturated rings. The zero-order chi connectivity index (χ0) is 10.4. The van der Waals surface area contributed by atoms with Crippen molar-refractivity contribution in [3.8, 4) is 0 Å². The molecule has 0 spiro atoms. The molecule has 1 aromatic carbocycles. The number of fused-ring (bicyclic) bond motifs is 3. The van der Waals surface area contributed by atoms with Crippen molar-refractivity contribution in [1.82, 2.24) is 0 Å². The Balaban J connectivity index is 2.07. The highest BCUT2D eigenvalue weighted by Crippen LogP contribution is 2.37. The summed E-state index contributed by atoms with van der Waals surface area (Å²) in [6.45, 7) is 2.16. The van der Waals surface area contributed by atoms with Gasteiger partial charge in [0.1, 0.15) is 0 Å². The van der Waals surface area contributed by atoms with Gasteiger partial charge in [-0.2, -0.15) is 0 Å². The topological polar surface area (TPSA) is 32.5 Å². The van der Waals surface area contributed by atoms with E-state index in [0.717, 1.165) is 19.5 Å². The molecule has 3 nitrogen and oxygen atoms in total. The summed E-state index contributed by atoms with van der Waals surface area (Å²) >= 11 is 0. The Labute approximate surface area is 90.5 Å². The first-order valence-corrected chi connectivity index (χ1v) is 5.60. The first-order valence-electron chi connectivity index (χ1n) is 5.60. The predicted octanol–water partition coefficient (Wildman–Crippen LogP) is 1.04. The zero-order valence-corrected chi connectivity index (χ0v) is 9.06. The number of anilines is 2. The number of likely N-dealkylation sites (N-methyl/N-ethyl adjacent to an activating group) is 1. The van der Waals surface area contributed by atoms with Crippen LogP contribution in [0.15, 0.2) is 24.3 Å². The van der Waals surface area contributed by atoms with Gasteiger partial charge in [-0.05, 0) is 18.6 Å². The maximum Gasteiger partial charge on any atom is 0.0617 e. The molecule has 2 atom stereocenters. The van der Waals surface area contributed by atoms with Gasteiger partial charge in [-0.3, -0.25) is 0 Å². The monoisotopic (exact) mass is 203 g/mol. The molecule has 3 rings (SSSR count). The summed E-state index contributed by atoms with van der Waals surface area (Å²) in [5.74, 6) is 0. The lowest BCUT2D eigenvalue weighted by molar-refractivity contribution is 0.564. The van der Waals surface area contributed by atoms with Crippen LogP contribution in [0.5, 0.6) is 0 Å². The standard InChI is InChI=1S/C12H17N3/c1-14-8-12-9(13)6-7-15(12)11-5-3-2-4-10(11)14/h2-5,9,12H,6-8,13H2,1H3. The van der Waals surface area contributed by atoms with E-state index in [4.69, 9.17) is 5.73 Å². The fraction of sp³-hybridized carbons (Fsp3) is 0.500. The van der Waals surface area contributed by atoms with Gasteiger partial charge in [-0.15, -0.1) is 0 Å². The molecule has 15 heavy (non-hydrogen) atoms. The van der Waals surface area contributed by atoms with Crippen LogP contribution in [0.25, 0.3) is 0 Å². The van der Waals surface area contributed by atoms with Crippen LogP contribution in [0.3, 0.4) is 0 Å². The van der Waals surface area contributed by atoms with Crippen molar-refractivity contribution >= 4 is 11.4 Å². The van der Waals surface area contributed by atoms with Crippen LogP contribution < -0.4 is 15.5 Å². The zero-order valence-electron chi connectivity index (χ0n) is 9.06. The summed E-state index contributed by atoms with van der Waals surface area (Å²) in [5, 5.41) is 0. The third-order valence-electron chi connectivity index (χ3n) is 3.66. The Bertz CT molecular complexity index is 377. The summed E-state index contributed by atoms with van der Waals surface area (Å²) in [6.07, 6.45) is 1.12. The van der Waals surface area contributed by atoms with Crippen molar-refractivity contribution in [3.05, 3.63) is 24.3 Å². The molecule has 0 aliphatic carbocycles. The SMILES string of the molecule is CN1CC2C(N)CCN2c2ccccc21. The van der Waals surface area contributed by atoms with Crippen molar-refractivity contribution in [3.63, 3.8) is 0 Å². The number of nitrogens with two attached hydrogens (primary N) is 1. The average Bonchev–Trinajstić information content (AvgIpc) is 2.62. The lowest BCUT2D eigenvalue weighted by atomic mass is 10.1. The van der Waals surface area contributed by atoms with Crippen molar-refractivity contribution in [2.45, 2.75) is 18.5 Å². The van der Waals surface area contributed by atoms with Gasteiger partial charge in [-0.25, -0.2) is 0 Å². The molecule has 0 saturated carbocycles. The highest BCUT2D eigenvalue weighted by atomic mass is 15.3. The minimum atomic E-state index is 0.334. The molecule has 2 aliphatic heterocycles. The fourth-order valence-electron chi connectivity index (χ4n) is 2.82. The molecule has 2 unspecified atom stereocenters. The second kappa shape index (κ2) is 3.14. The Kier molecular flexibility index (Phi) is 1.89. The van der Waals surface area contributed by atoms with E-state index in [1.54, 1.807) is 0 Å². The van der Waals surface area contributed by atoms with Gasteiger partial charge in [0.05, 0.1) is 17.4 Å². The second-order valence-electron chi connectivity index (χ2n) is 4.58. The Hall–Kier alpha value is -1.22. The molecule has 1 saturated heterocycles. The molecule has 2 N–H and O–H groups in total. The smallest absolute Gasteiger partial charge is 0.0617 e. The maximum absolute atomic E-state index is 6.14. The van der Waals surface area contributed by atoms with E-state index in [1.807, 2.05) is 0 Å². The van der Waals surface area contributed by atoms with Crippen molar-refractivity contribution < 1.29 is 0 Å². The number of rotatable bonds is 0. The van der Waals surface area contributed by atoms with E-state index in [-0.39, 0.29) is 0 Å². The normalized spacial score (nSPS) is 28.9. The molecule has 0 amide bonds. The quantitative estimate of drug-likeness (QED) is 0.684. The van der Waals surface area contributed by atoms with Crippen LogP contribution in [0, 0.1) is 0 Å². The van der Waals surface area contributed by atoms with Gasteiger partial charge in [-0.1, -0.05) is 12.1 Å². The van der Waals surface area contributed by atoms with E-state index >= 15 is 0 Å². The van der Waals surface area contributed by atoms with E-state index < -0.39 is 0 Å². The van der Waals surface area contributed by atoms with Crippen molar-refractivity contribution in [2.75, 3.05) is 29.9 Å². The molecule has 0 radical (unpaired) electrons. The summed E-state index contributed by atoms with van der Waals surface area (Å²) in [4.78, 5) is 4.79.